The van der Waals surface area contributed by atoms with Crippen LogP contribution in [0, 0.1) is 25.5 Å². The third kappa shape index (κ3) is 5.97. The molecule has 2 N–H and O–H groups in total. The number of guanidine groups is 1. The van der Waals surface area contributed by atoms with Gasteiger partial charge < -0.3 is 10.6 Å². The zero-order valence-electron chi connectivity index (χ0n) is 13.8. The number of nitrogens with zero attached hydrogens (tertiary/aromatic N) is 2. The molecule has 24 heavy (non-hydrogen) atoms. The molecule has 0 saturated heterocycles. The number of aliphatic imine (C=N–C) groups is 1. The van der Waals surface area contributed by atoms with Gasteiger partial charge in [-0.3, -0.25) is 4.99 Å². The molecule has 0 spiro atoms. The molecule has 132 valence electrons. The maximum atomic E-state index is 13.5. The number of benzene rings is 1. The first-order valence-electron chi connectivity index (χ1n) is 7.31. The fourth-order valence-corrected chi connectivity index (χ4v) is 3.05. The molecule has 0 amide bonds. The Hall–Kier alpha value is -1.29. The van der Waals surface area contributed by atoms with Gasteiger partial charge in [0.1, 0.15) is 11.6 Å². The minimum atomic E-state index is -0.431. The van der Waals surface area contributed by atoms with Crippen molar-refractivity contribution >= 4 is 41.3 Å². The van der Waals surface area contributed by atoms with Gasteiger partial charge in [-0.1, -0.05) is 0 Å². The number of hydrogen-bond acceptors (Lipinski definition) is 3. The van der Waals surface area contributed by atoms with Crippen molar-refractivity contribution in [3.63, 3.8) is 0 Å². The summed E-state index contributed by atoms with van der Waals surface area (Å²) in [6.07, 6.45) is 0.378. The molecule has 0 fully saturated rings. The van der Waals surface area contributed by atoms with Crippen LogP contribution in [0.4, 0.5) is 8.78 Å². The van der Waals surface area contributed by atoms with E-state index in [1.54, 1.807) is 18.4 Å². The molecule has 0 aliphatic heterocycles. The highest BCUT2D eigenvalue weighted by atomic mass is 127. The van der Waals surface area contributed by atoms with Crippen LogP contribution >= 0.6 is 35.3 Å². The SMILES string of the molecule is CN=C(NCCc1cc(F)ccc1F)NCc1sc(C)nc1C.I. The smallest absolute Gasteiger partial charge is 0.191 e. The van der Waals surface area contributed by atoms with Gasteiger partial charge in [-0.05, 0) is 44.0 Å². The summed E-state index contributed by atoms with van der Waals surface area (Å²) < 4.78 is 26.7. The predicted molar refractivity (Wildman–Crippen MR) is 105 cm³/mol. The van der Waals surface area contributed by atoms with Gasteiger partial charge in [0.25, 0.3) is 0 Å². The summed E-state index contributed by atoms with van der Waals surface area (Å²) in [5, 5.41) is 7.32. The molecule has 0 atom stereocenters. The zero-order valence-corrected chi connectivity index (χ0v) is 17.0. The van der Waals surface area contributed by atoms with Crippen molar-refractivity contribution in [2.45, 2.75) is 26.8 Å². The van der Waals surface area contributed by atoms with Crippen LogP contribution in [0.5, 0.6) is 0 Å². The lowest BCUT2D eigenvalue weighted by Crippen LogP contribution is -2.37. The molecular formula is C16H21F2IN4S. The Labute approximate surface area is 161 Å². The lowest BCUT2D eigenvalue weighted by atomic mass is 10.1. The second-order valence-electron chi connectivity index (χ2n) is 5.08. The van der Waals surface area contributed by atoms with Crippen molar-refractivity contribution in [2.75, 3.05) is 13.6 Å². The number of hydrogen-bond donors (Lipinski definition) is 2. The molecule has 2 rings (SSSR count). The monoisotopic (exact) mass is 466 g/mol. The molecule has 1 aromatic carbocycles. The minimum absolute atomic E-state index is 0. The number of aromatic nitrogens is 1. The van der Waals surface area contributed by atoms with Crippen LogP contribution < -0.4 is 10.6 Å². The van der Waals surface area contributed by atoms with Crippen LogP contribution in [0.1, 0.15) is 21.1 Å². The molecule has 0 aliphatic carbocycles. The van der Waals surface area contributed by atoms with E-state index in [2.05, 4.69) is 20.6 Å². The van der Waals surface area contributed by atoms with Crippen LogP contribution in [0.3, 0.4) is 0 Å². The second-order valence-corrected chi connectivity index (χ2v) is 6.37. The van der Waals surface area contributed by atoms with Crippen molar-refractivity contribution in [1.82, 2.24) is 15.6 Å². The summed E-state index contributed by atoms with van der Waals surface area (Å²) in [5.74, 6) is -0.209. The van der Waals surface area contributed by atoms with E-state index in [4.69, 9.17) is 0 Å². The zero-order chi connectivity index (χ0) is 16.8. The maximum Gasteiger partial charge on any atom is 0.191 e. The van der Waals surface area contributed by atoms with Crippen molar-refractivity contribution in [3.8, 4) is 0 Å². The van der Waals surface area contributed by atoms with Crippen LogP contribution in [-0.2, 0) is 13.0 Å². The number of nitrogens with one attached hydrogen (secondary N) is 2. The topological polar surface area (TPSA) is 49.3 Å². The van der Waals surface area contributed by atoms with E-state index >= 15 is 0 Å². The molecule has 1 aromatic heterocycles. The number of halogens is 3. The van der Waals surface area contributed by atoms with Crippen molar-refractivity contribution in [1.29, 1.82) is 0 Å². The third-order valence-electron chi connectivity index (χ3n) is 3.33. The van der Waals surface area contributed by atoms with E-state index in [1.165, 1.54) is 6.07 Å². The Bertz CT molecular complexity index is 703. The highest BCUT2D eigenvalue weighted by Crippen LogP contribution is 2.16. The molecule has 0 unspecified atom stereocenters. The molecule has 0 radical (unpaired) electrons. The molecule has 0 aliphatic rings. The number of thiazole rings is 1. The summed E-state index contributed by atoms with van der Waals surface area (Å²) >= 11 is 1.64. The Morgan fingerprint density at radius 1 is 1.25 bits per heavy atom. The Kier molecular flexibility index (Phi) is 8.54. The summed E-state index contributed by atoms with van der Waals surface area (Å²) in [7, 11) is 1.67. The first-order valence-corrected chi connectivity index (χ1v) is 8.12. The fourth-order valence-electron chi connectivity index (χ4n) is 2.17. The van der Waals surface area contributed by atoms with Gasteiger partial charge in [0, 0.05) is 18.5 Å². The summed E-state index contributed by atoms with van der Waals surface area (Å²) in [4.78, 5) is 9.65. The van der Waals surface area contributed by atoms with E-state index in [0.29, 0.717) is 31.0 Å². The average Bonchev–Trinajstić information content (AvgIpc) is 2.84. The van der Waals surface area contributed by atoms with E-state index in [-0.39, 0.29) is 24.0 Å². The van der Waals surface area contributed by atoms with Gasteiger partial charge in [0.2, 0.25) is 0 Å². The Balaban J connectivity index is 0.00000288. The van der Waals surface area contributed by atoms with Crippen molar-refractivity contribution in [3.05, 3.63) is 51.0 Å². The van der Waals surface area contributed by atoms with E-state index < -0.39 is 11.6 Å². The van der Waals surface area contributed by atoms with Crippen LogP contribution in [-0.4, -0.2) is 24.5 Å². The first kappa shape index (κ1) is 20.8. The number of aryl methyl sites for hydroxylation is 2. The quantitative estimate of drug-likeness (QED) is 0.403. The fraction of sp³-hybridized carbons (Fsp3) is 0.375. The lowest BCUT2D eigenvalue weighted by molar-refractivity contribution is 0.583. The molecule has 8 heteroatoms. The van der Waals surface area contributed by atoms with Gasteiger partial charge in [0.15, 0.2) is 5.96 Å². The maximum absolute atomic E-state index is 13.5. The predicted octanol–water partition coefficient (Wildman–Crippen LogP) is 3.56. The molecule has 0 bridgehead atoms. The highest BCUT2D eigenvalue weighted by Gasteiger charge is 2.07. The van der Waals surface area contributed by atoms with Crippen molar-refractivity contribution in [2.24, 2.45) is 4.99 Å². The molecular weight excluding hydrogens is 445 g/mol. The Morgan fingerprint density at radius 3 is 2.62 bits per heavy atom. The van der Waals surface area contributed by atoms with Crippen LogP contribution in [0.15, 0.2) is 23.2 Å². The van der Waals surface area contributed by atoms with E-state index in [9.17, 15) is 8.78 Å². The van der Waals surface area contributed by atoms with Crippen LogP contribution in [0.25, 0.3) is 0 Å². The van der Waals surface area contributed by atoms with Crippen molar-refractivity contribution < 1.29 is 8.78 Å². The van der Waals surface area contributed by atoms with Gasteiger partial charge in [-0.15, -0.1) is 35.3 Å². The normalized spacial score (nSPS) is 11.1. The molecule has 0 saturated carbocycles. The second kappa shape index (κ2) is 9.87. The van der Waals surface area contributed by atoms with Gasteiger partial charge in [0.05, 0.1) is 17.2 Å². The number of rotatable bonds is 5. The van der Waals surface area contributed by atoms with Gasteiger partial charge >= 0.3 is 0 Å². The summed E-state index contributed by atoms with van der Waals surface area (Å²) in [6.45, 7) is 5.04. The molecule has 2 aromatic rings. The Morgan fingerprint density at radius 2 is 2.00 bits per heavy atom. The van der Waals surface area contributed by atoms with E-state index in [1.807, 2.05) is 13.8 Å². The lowest BCUT2D eigenvalue weighted by Gasteiger charge is -2.11. The minimum Gasteiger partial charge on any atom is -0.356 e. The highest BCUT2D eigenvalue weighted by molar-refractivity contribution is 14.0. The van der Waals surface area contributed by atoms with Gasteiger partial charge in [-0.25, -0.2) is 13.8 Å². The third-order valence-corrected chi connectivity index (χ3v) is 4.41. The summed E-state index contributed by atoms with van der Waals surface area (Å²) in [5.41, 5.74) is 1.36. The largest absolute Gasteiger partial charge is 0.356 e. The standard InChI is InChI=1S/C16H20F2N4S.HI/c1-10-15(23-11(2)22-10)9-21-16(19-3)20-7-6-12-8-13(17)4-5-14(12)18;/h4-5,8H,6-7,9H2,1-3H3,(H2,19,20,21);1H. The average molecular weight is 466 g/mol. The van der Waals surface area contributed by atoms with E-state index in [0.717, 1.165) is 27.7 Å². The van der Waals surface area contributed by atoms with Crippen LogP contribution in [0.2, 0.25) is 0 Å². The summed E-state index contributed by atoms with van der Waals surface area (Å²) in [6, 6.07) is 3.48. The first-order chi connectivity index (χ1) is 11.0. The van der Waals surface area contributed by atoms with Gasteiger partial charge in [-0.2, -0.15) is 0 Å². The molecule has 1 heterocycles. The molecule has 4 nitrogen and oxygen atoms in total.